The standard InChI is InChI=1S/C18H17ClN2/c1-11-8-12(2)18-16(9-11)17(10-13(3)20-18)21-15-6-4-14(19)5-7-15/h4-10H,1-3H3,(H,20,21). The Morgan fingerprint density at radius 3 is 2.38 bits per heavy atom. The van der Waals surface area contributed by atoms with Gasteiger partial charge in [0.15, 0.2) is 0 Å². The molecule has 1 N–H and O–H groups in total. The number of halogens is 1. The SMILES string of the molecule is Cc1cc(C)c2nc(C)cc(Nc3ccc(Cl)cc3)c2c1. The van der Waals surface area contributed by atoms with Crippen molar-refractivity contribution < 1.29 is 0 Å². The van der Waals surface area contributed by atoms with Gasteiger partial charge in [0.25, 0.3) is 0 Å². The van der Waals surface area contributed by atoms with Gasteiger partial charge < -0.3 is 5.32 Å². The number of rotatable bonds is 2. The smallest absolute Gasteiger partial charge is 0.0755 e. The highest BCUT2D eigenvalue weighted by Gasteiger charge is 2.07. The molecule has 3 rings (SSSR count). The quantitative estimate of drug-likeness (QED) is 0.670. The molecular formula is C18H17ClN2. The highest BCUT2D eigenvalue weighted by atomic mass is 35.5. The summed E-state index contributed by atoms with van der Waals surface area (Å²) in [4.78, 5) is 4.67. The second kappa shape index (κ2) is 5.38. The lowest BCUT2D eigenvalue weighted by atomic mass is 10.0. The molecule has 0 saturated heterocycles. The molecule has 0 aliphatic rings. The maximum absolute atomic E-state index is 5.94. The van der Waals surface area contributed by atoms with E-state index in [2.05, 4.69) is 42.3 Å². The Morgan fingerprint density at radius 2 is 1.67 bits per heavy atom. The molecule has 21 heavy (non-hydrogen) atoms. The van der Waals surface area contributed by atoms with Gasteiger partial charge in [-0.3, -0.25) is 4.98 Å². The van der Waals surface area contributed by atoms with Gasteiger partial charge in [-0.2, -0.15) is 0 Å². The molecule has 0 atom stereocenters. The number of pyridine rings is 1. The largest absolute Gasteiger partial charge is 0.355 e. The van der Waals surface area contributed by atoms with E-state index in [1.54, 1.807) is 0 Å². The highest BCUT2D eigenvalue weighted by Crippen LogP contribution is 2.29. The lowest BCUT2D eigenvalue weighted by Gasteiger charge is -2.13. The van der Waals surface area contributed by atoms with E-state index in [-0.39, 0.29) is 0 Å². The van der Waals surface area contributed by atoms with Gasteiger partial charge in [-0.25, -0.2) is 0 Å². The fraction of sp³-hybridized carbons (Fsp3) is 0.167. The monoisotopic (exact) mass is 296 g/mol. The summed E-state index contributed by atoms with van der Waals surface area (Å²) in [7, 11) is 0. The van der Waals surface area contributed by atoms with Crippen molar-refractivity contribution in [3.05, 3.63) is 64.3 Å². The van der Waals surface area contributed by atoms with Crippen molar-refractivity contribution in [3.8, 4) is 0 Å². The zero-order valence-electron chi connectivity index (χ0n) is 12.4. The molecule has 0 amide bonds. The van der Waals surface area contributed by atoms with Crippen LogP contribution in [0.5, 0.6) is 0 Å². The van der Waals surface area contributed by atoms with Crippen LogP contribution in [0, 0.1) is 20.8 Å². The Balaban J connectivity index is 2.15. The van der Waals surface area contributed by atoms with Crippen LogP contribution in [0.15, 0.2) is 42.5 Å². The molecule has 0 aliphatic heterocycles. The van der Waals surface area contributed by atoms with Crippen LogP contribution in [0.2, 0.25) is 5.02 Å². The fourth-order valence-corrected chi connectivity index (χ4v) is 2.73. The molecule has 0 saturated carbocycles. The van der Waals surface area contributed by atoms with Crippen LogP contribution in [0.3, 0.4) is 0 Å². The molecule has 0 unspecified atom stereocenters. The lowest BCUT2D eigenvalue weighted by molar-refractivity contribution is 1.23. The summed E-state index contributed by atoms with van der Waals surface area (Å²) in [5.41, 5.74) is 6.60. The van der Waals surface area contributed by atoms with Crippen molar-refractivity contribution in [2.24, 2.45) is 0 Å². The van der Waals surface area contributed by atoms with E-state index in [0.29, 0.717) is 0 Å². The maximum Gasteiger partial charge on any atom is 0.0755 e. The van der Waals surface area contributed by atoms with Gasteiger partial charge in [-0.15, -0.1) is 0 Å². The van der Waals surface area contributed by atoms with E-state index in [1.165, 1.54) is 11.1 Å². The highest BCUT2D eigenvalue weighted by molar-refractivity contribution is 6.30. The Hall–Kier alpha value is -2.06. The van der Waals surface area contributed by atoms with Gasteiger partial charge in [0.1, 0.15) is 0 Å². The van der Waals surface area contributed by atoms with Crippen LogP contribution < -0.4 is 5.32 Å². The van der Waals surface area contributed by atoms with Crippen LogP contribution in [0.25, 0.3) is 10.9 Å². The van der Waals surface area contributed by atoms with Gasteiger partial charge in [-0.1, -0.05) is 23.2 Å². The minimum absolute atomic E-state index is 0.739. The third-order valence-corrected chi connectivity index (χ3v) is 3.75. The van der Waals surface area contributed by atoms with Gasteiger partial charge >= 0.3 is 0 Å². The van der Waals surface area contributed by atoms with Gasteiger partial charge in [0.05, 0.1) is 5.52 Å². The number of fused-ring (bicyclic) bond motifs is 1. The lowest BCUT2D eigenvalue weighted by Crippen LogP contribution is -1.96. The molecule has 0 radical (unpaired) electrons. The Labute approximate surface area is 129 Å². The minimum atomic E-state index is 0.739. The number of hydrogen-bond donors (Lipinski definition) is 1. The van der Waals surface area contributed by atoms with E-state index < -0.39 is 0 Å². The molecule has 3 heteroatoms. The van der Waals surface area contributed by atoms with E-state index in [1.807, 2.05) is 31.2 Å². The molecule has 0 spiro atoms. The van der Waals surface area contributed by atoms with Crippen molar-refractivity contribution in [3.63, 3.8) is 0 Å². The zero-order chi connectivity index (χ0) is 15.0. The van der Waals surface area contributed by atoms with Crippen molar-refractivity contribution in [2.75, 3.05) is 5.32 Å². The maximum atomic E-state index is 5.94. The van der Waals surface area contributed by atoms with Gasteiger partial charge in [0, 0.05) is 27.5 Å². The first kappa shape index (κ1) is 13.9. The predicted molar refractivity (Wildman–Crippen MR) is 90.7 cm³/mol. The molecule has 2 nitrogen and oxygen atoms in total. The van der Waals surface area contributed by atoms with Crippen molar-refractivity contribution in [2.45, 2.75) is 20.8 Å². The van der Waals surface area contributed by atoms with Crippen LogP contribution in [-0.4, -0.2) is 4.98 Å². The summed E-state index contributed by atoms with van der Waals surface area (Å²) >= 11 is 5.94. The molecule has 0 bridgehead atoms. The number of nitrogens with zero attached hydrogens (tertiary/aromatic N) is 1. The van der Waals surface area contributed by atoms with Crippen molar-refractivity contribution in [1.82, 2.24) is 4.98 Å². The first-order valence-corrected chi connectivity index (χ1v) is 7.32. The zero-order valence-corrected chi connectivity index (χ0v) is 13.1. The van der Waals surface area contributed by atoms with Crippen LogP contribution in [-0.2, 0) is 0 Å². The van der Waals surface area contributed by atoms with E-state index in [9.17, 15) is 0 Å². The topological polar surface area (TPSA) is 24.9 Å². The van der Waals surface area contributed by atoms with Gasteiger partial charge in [-0.05, 0) is 62.7 Å². The third-order valence-electron chi connectivity index (χ3n) is 3.50. The van der Waals surface area contributed by atoms with Crippen LogP contribution in [0.4, 0.5) is 11.4 Å². The molecule has 0 aliphatic carbocycles. The Kier molecular flexibility index (Phi) is 3.56. The number of nitrogens with one attached hydrogen (secondary N) is 1. The first-order chi connectivity index (χ1) is 10.0. The van der Waals surface area contributed by atoms with Crippen molar-refractivity contribution in [1.29, 1.82) is 0 Å². The molecule has 106 valence electrons. The van der Waals surface area contributed by atoms with E-state index in [0.717, 1.165) is 33.0 Å². The molecule has 3 aromatic rings. The summed E-state index contributed by atoms with van der Waals surface area (Å²) in [6.45, 7) is 6.23. The number of aromatic nitrogens is 1. The second-order valence-electron chi connectivity index (χ2n) is 5.42. The Morgan fingerprint density at radius 1 is 0.952 bits per heavy atom. The summed E-state index contributed by atoms with van der Waals surface area (Å²) in [6, 6.07) is 14.1. The number of aryl methyl sites for hydroxylation is 3. The normalized spacial score (nSPS) is 10.9. The van der Waals surface area contributed by atoms with E-state index in [4.69, 9.17) is 11.6 Å². The molecule has 1 heterocycles. The number of benzene rings is 2. The molecule has 2 aromatic carbocycles. The first-order valence-electron chi connectivity index (χ1n) is 6.94. The molecule has 1 aromatic heterocycles. The summed E-state index contributed by atoms with van der Waals surface area (Å²) in [6.07, 6.45) is 0. The third kappa shape index (κ3) is 2.86. The molecular weight excluding hydrogens is 280 g/mol. The average Bonchev–Trinajstić information content (AvgIpc) is 2.43. The summed E-state index contributed by atoms with van der Waals surface area (Å²) in [5, 5.41) is 5.36. The number of anilines is 2. The van der Waals surface area contributed by atoms with Crippen molar-refractivity contribution >= 4 is 33.9 Å². The summed E-state index contributed by atoms with van der Waals surface area (Å²) < 4.78 is 0. The predicted octanol–water partition coefficient (Wildman–Crippen LogP) is 5.56. The van der Waals surface area contributed by atoms with Gasteiger partial charge in [0.2, 0.25) is 0 Å². The minimum Gasteiger partial charge on any atom is -0.355 e. The second-order valence-corrected chi connectivity index (χ2v) is 5.86. The fourth-order valence-electron chi connectivity index (χ4n) is 2.60. The summed E-state index contributed by atoms with van der Waals surface area (Å²) in [5.74, 6) is 0. The number of hydrogen-bond acceptors (Lipinski definition) is 2. The Bertz CT molecular complexity index is 808. The average molecular weight is 297 g/mol. The molecule has 0 fully saturated rings. The van der Waals surface area contributed by atoms with E-state index >= 15 is 0 Å². The van der Waals surface area contributed by atoms with Crippen LogP contribution >= 0.6 is 11.6 Å². The van der Waals surface area contributed by atoms with Crippen LogP contribution in [0.1, 0.15) is 16.8 Å².